The molecule has 0 aliphatic rings. The van der Waals surface area contributed by atoms with Crippen LogP contribution in [0.4, 0.5) is 0 Å². The van der Waals surface area contributed by atoms with E-state index in [4.69, 9.17) is 27.9 Å². The van der Waals surface area contributed by atoms with Crippen LogP contribution in [0.5, 0.6) is 5.75 Å². The summed E-state index contributed by atoms with van der Waals surface area (Å²) in [5.74, 6) is -0.182. The lowest BCUT2D eigenvalue weighted by atomic mass is 10.0. The topological polar surface area (TPSA) is 58.6 Å². The standard InChI is InChI=1S/C26H26Cl2N2O3/c1-2-29-26(32)23(15-19-9-5-3-6-10-19)30(17-20-11-7-4-8-12-20)25(31)18-33-24-14-13-21(27)16-22(24)28/h3-14,16,23H,2,15,17-18H2,1H3,(H,29,32)/t23-/m0/s1. The number of carbonyl (C=O) groups excluding carboxylic acids is 2. The molecule has 0 spiro atoms. The molecule has 2 amide bonds. The SMILES string of the molecule is CCNC(=O)[C@H](Cc1ccccc1)N(Cc1ccccc1)C(=O)COc1ccc(Cl)cc1Cl. The largest absolute Gasteiger partial charge is 0.482 e. The van der Waals surface area contributed by atoms with Gasteiger partial charge in [0.15, 0.2) is 6.61 Å². The second-order valence-corrected chi connectivity index (χ2v) is 8.31. The molecular weight excluding hydrogens is 459 g/mol. The minimum Gasteiger partial charge on any atom is -0.482 e. The molecule has 0 radical (unpaired) electrons. The number of rotatable bonds is 10. The Morgan fingerprint density at radius 2 is 1.58 bits per heavy atom. The molecule has 5 nitrogen and oxygen atoms in total. The van der Waals surface area contributed by atoms with Gasteiger partial charge in [0.25, 0.3) is 5.91 Å². The molecule has 0 bridgehead atoms. The molecule has 3 aromatic carbocycles. The Morgan fingerprint density at radius 1 is 0.939 bits per heavy atom. The summed E-state index contributed by atoms with van der Waals surface area (Å²) >= 11 is 12.1. The highest BCUT2D eigenvalue weighted by atomic mass is 35.5. The zero-order chi connectivity index (χ0) is 23.6. The number of hydrogen-bond acceptors (Lipinski definition) is 3. The molecule has 0 fully saturated rings. The van der Waals surface area contributed by atoms with E-state index in [9.17, 15) is 9.59 Å². The highest BCUT2D eigenvalue weighted by molar-refractivity contribution is 6.35. The van der Waals surface area contributed by atoms with Crippen molar-refractivity contribution in [1.29, 1.82) is 0 Å². The van der Waals surface area contributed by atoms with Crippen molar-refractivity contribution in [3.8, 4) is 5.75 Å². The first kappa shape index (κ1) is 24.6. The van der Waals surface area contributed by atoms with Crippen LogP contribution in [0.1, 0.15) is 18.1 Å². The zero-order valence-corrected chi connectivity index (χ0v) is 19.9. The summed E-state index contributed by atoms with van der Waals surface area (Å²) in [6, 6.07) is 23.3. The average Bonchev–Trinajstić information content (AvgIpc) is 2.82. The van der Waals surface area contributed by atoms with Gasteiger partial charge in [-0.15, -0.1) is 0 Å². The highest BCUT2D eigenvalue weighted by Gasteiger charge is 2.30. The molecule has 3 aromatic rings. The van der Waals surface area contributed by atoms with Gasteiger partial charge in [-0.25, -0.2) is 0 Å². The summed E-state index contributed by atoms with van der Waals surface area (Å²) in [6.07, 6.45) is 0.382. The Hall–Kier alpha value is -3.02. The van der Waals surface area contributed by atoms with Crippen LogP contribution >= 0.6 is 23.2 Å². The molecule has 1 atom stereocenters. The van der Waals surface area contributed by atoms with E-state index in [0.29, 0.717) is 28.8 Å². The molecule has 0 unspecified atom stereocenters. The normalized spacial score (nSPS) is 11.5. The van der Waals surface area contributed by atoms with Crippen molar-refractivity contribution in [1.82, 2.24) is 10.2 Å². The monoisotopic (exact) mass is 484 g/mol. The van der Waals surface area contributed by atoms with E-state index in [1.54, 1.807) is 23.1 Å². The van der Waals surface area contributed by atoms with Crippen LogP contribution in [0.3, 0.4) is 0 Å². The van der Waals surface area contributed by atoms with E-state index in [-0.39, 0.29) is 25.0 Å². The number of nitrogens with zero attached hydrogens (tertiary/aromatic N) is 1. The van der Waals surface area contributed by atoms with Crippen LogP contribution in [0, 0.1) is 0 Å². The Bertz CT molecular complexity index is 1060. The molecule has 0 saturated carbocycles. The quantitative estimate of drug-likeness (QED) is 0.432. The van der Waals surface area contributed by atoms with Crippen LogP contribution in [0.2, 0.25) is 10.0 Å². The van der Waals surface area contributed by atoms with Gasteiger partial charge in [0, 0.05) is 24.5 Å². The van der Waals surface area contributed by atoms with E-state index in [2.05, 4.69) is 5.32 Å². The van der Waals surface area contributed by atoms with E-state index in [1.165, 1.54) is 0 Å². The van der Waals surface area contributed by atoms with E-state index < -0.39 is 6.04 Å². The zero-order valence-electron chi connectivity index (χ0n) is 18.3. The molecule has 0 saturated heterocycles. The first-order chi connectivity index (χ1) is 16.0. The van der Waals surface area contributed by atoms with Gasteiger partial charge < -0.3 is 15.0 Å². The third-order valence-electron chi connectivity index (χ3n) is 5.06. The number of halogens is 2. The van der Waals surface area contributed by atoms with Gasteiger partial charge in [0.2, 0.25) is 5.91 Å². The Morgan fingerprint density at radius 3 is 2.18 bits per heavy atom. The fourth-order valence-electron chi connectivity index (χ4n) is 3.44. The second kappa shape index (κ2) is 12.3. The number of nitrogens with one attached hydrogen (secondary N) is 1. The fraction of sp³-hybridized carbons (Fsp3) is 0.231. The average molecular weight is 485 g/mol. The van der Waals surface area contributed by atoms with E-state index in [0.717, 1.165) is 11.1 Å². The van der Waals surface area contributed by atoms with Crippen LogP contribution in [0.25, 0.3) is 0 Å². The van der Waals surface area contributed by atoms with E-state index >= 15 is 0 Å². The number of ether oxygens (including phenoxy) is 1. The van der Waals surface area contributed by atoms with Gasteiger partial charge in [-0.2, -0.15) is 0 Å². The van der Waals surface area contributed by atoms with Gasteiger partial charge in [0.05, 0.1) is 5.02 Å². The van der Waals surface area contributed by atoms with Crippen LogP contribution < -0.4 is 10.1 Å². The maximum atomic E-state index is 13.4. The van der Waals surface area contributed by atoms with Crippen molar-refractivity contribution in [2.75, 3.05) is 13.2 Å². The first-order valence-electron chi connectivity index (χ1n) is 10.7. The fourth-order valence-corrected chi connectivity index (χ4v) is 3.90. The molecule has 3 rings (SSSR count). The molecule has 33 heavy (non-hydrogen) atoms. The summed E-state index contributed by atoms with van der Waals surface area (Å²) in [4.78, 5) is 28.0. The second-order valence-electron chi connectivity index (χ2n) is 7.47. The van der Waals surface area contributed by atoms with Crippen LogP contribution in [-0.4, -0.2) is 35.9 Å². The summed E-state index contributed by atoms with van der Waals surface area (Å²) in [5.41, 5.74) is 1.87. The lowest BCUT2D eigenvalue weighted by Crippen LogP contribution is -2.51. The molecule has 1 N–H and O–H groups in total. The molecule has 0 heterocycles. The molecule has 0 aliphatic heterocycles. The summed E-state index contributed by atoms with van der Waals surface area (Å²) < 4.78 is 5.70. The maximum Gasteiger partial charge on any atom is 0.261 e. The van der Waals surface area contributed by atoms with Gasteiger partial charge in [-0.3, -0.25) is 9.59 Å². The number of amides is 2. The van der Waals surface area contributed by atoms with Crippen molar-refractivity contribution >= 4 is 35.0 Å². The van der Waals surface area contributed by atoms with Crippen molar-refractivity contribution in [3.05, 3.63) is 100 Å². The number of likely N-dealkylation sites (N-methyl/N-ethyl adjacent to an activating group) is 1. The van der Waals surface area contributed by atoms with E-state index in [1.807, 2.05) is 67.6 Å². The molecular formula is C26H26Cl2N2O3. The van der Waals surface area contributed by atoms with Crippen molar-refractivity contribution in [2.45, 2.75) is 25.9 Å². The summed E-state index contributed by atoms with van der Waals surface area (Å²) in [6.45, 7) is 2.33. The van der Waals surface area contributed by atoms with Gasteiger partial charge in [-0.1, -0.05) is 83.9 Å². The number of benzene rings is 3. The van der Waals surface area contributed by atoms with Crippen LogP contribution in [-0.2, 0) is 22.6 Å². The molecule has 0 aliphatic carbocycles. The minimum atomic E-state index is -0.704. The Balaban J connectivity index is 1.87. The predicted molar refractivity (Wildman–Crippen MR) is 132 cm³/mol. The third kappa shape index (κ3) is 7.24. The highest BCUT2D eigenvalue weighted by Crippen LogP contribution is 2.27. The predicted octanol–water partition coefficient (Wildman–Crippen LogP) is 5.15. The van der Waals surface area contributed by atoms with Crippen molar-refractivity contribution in [2.24, 2.45) is 0 Å². The summed E-state index contributed by atoms with van der Waals surface area (Å²) in [7, 11) is 0. The maximum absolute atomic E-state index is 13.4. The first-order valence-corrected chi connectivity index (χ1v) is 11.5. The van der Waals surface area contributed by atoms with Crippen molar-refractivity contribution < 1.29 is 14.3 Å². The Labute approximate surface area is 204 Å². The molecule has 172 valence electrons. The summed E-state index contributed by atoms with van der Waals surface area (Å²) in [5, 5.41) is 3.66. The number of carbonyl (C=O) groups is 2. The third-order valence-corrected chi connectivity index (χ3v) is 5.59. The lowest BCUT2D eigenvalue weighted by molar-refractivity contribution is -0.142. The van der Waals surface area contributed by atoms with Gasteiger partial charge in [0.1, 0.15) is 11.8 Å². The molecule has 0 aromatic heterocycles. The van der Waals surface area contributed by atoms with Crippen LogP contribution in [0.15, 0.2) is 78.9 Å². The minimum absolute atomic E-state index is 0.213. The van der Waals surface area contributed by atoms with Gasteiger partial charge >= 0.3 is 0 Å². The smallest absolute Gasteiger partial charge is 0.261 e. The van der Waals surface area contributed by atoms with Gasteiger partial charge in [-0.05, 0) is 36.2 Å². The Kier molecular flexibility index (Phi) is 9.16. The number of hydrogen-bond donors (Lipinski definition) is 1. The lowest BCUT2D eigenvalue weighted by Gasteiger charge is -2.31. The van der Waals surface area contributed by atoms with Crippen molar-refractivity contribution in [3.63, 3.8) is 0 Å². The molecule has 7 heteroatoms.